The first kappa shape index (κ1) is 18.2. The molecule has 0 saturated heterocycles. The van der Waals surface area contributed by atoms with Gasteiger partial charge in [0.1, 0.15) is 5.75 Å². The Labute approximate surface area is 155 Å². The van der Waals surface area contributed by atoms with Crippen LogP contribution in [0.15, 0.2) is 53.5 Å². The van der Waals surface area contributed by atoms with Crippen LogP contribution in [-0.4, -0.2) is 23.5 Å². The number of ether oxygens (including phenoxy) is 1. The van der Waals surface area contributed by atoms with Crippen molar-refractivity contribution in [2.45, 2.75) is 6.92 Å². The number of methoxy groups -OCH3 is 1. The maximum absolute atomic E-state index is 12.9. The molecule has 1 heterocycles. The number of nitrogens with zero attached hydrogens (tertiary/aromatic N) is 1. The molecule has 3 aromatic rings. The molecule has 0 atom stereocenters. The van der Waals surface area contributed by atoms with Crippen LogP contribution in [0.2, 0.25) is 0 Å². The molecule has 2 aromatic carbocycles. The Balaban J connectivity index is 2.04. The molecule has 0 aliphatic rings. The monoisotopic (exact) mass is 365 g/mol. The van der Waals surface area contributed by atoms with Gasteiger partial charge >= 0.3 is 0 Å². The number of fused-ring (bicyclic) bond motifs is 1. The lowest BCUT2D eigenvalue weighted by Crippen LogP contribution is -2.21. The van der Waals surface area contributed by atoms with Crippen molar-refractivity contribution in [2.24, 2.45) is 7.05 Å². The number of hydrogen-bond donors (Lipinski definition) is 2. The number of aromatic nitrogens is 1. The van der Waals surface area contributed by atoms with E-state index in [0.717, 1.165) is 0 Å². The molecule has 138 valence electrons. The predicted molar refractivity (Wildman–Crippen MR) is 104 cm³/mol. The minimum absolute atomic E-state index is 0.174. The lowest BCUT2D eigenvalue weighted by molar-refractivity contribution is -0.114. The van der Waals surface area contributed by atoms with E-state index in [-0.39, 0.29) is 17.4 Å². The first-order valence-corrected chi connectivity index (χ1v) is 8.26. The third-order valence-electron chi connectivity index (χ3n) is 4.10. The highest BCUT2D eigenvalue weighted by Crippen LogP contribution is 2.29. The van der Waals surface area contributed by atoms with Crippen molar-refractivity contribution in [1.82, 2.24) is 4.57 Å². The average Bonchev–Trinajstić information content (AvgIpc) is 2.64. The summed E-state index contributed by atoms with van der Waals surface area (Å²) in [6, 6.07) is 11.9. The number of amides is 2. The summed E-state index contributed by atoms with van der Waals surface area (Å²) in [5, 5.41) is 6.49. The second-order valence-corrected chi connectivity index (χ2v) is 6.05. The van der Waals surface area contributed by atoms with Crippen LogP contribution >= 0.6 is 0 Å². The van der Waals surface area contributed by atoms with Crippen LogP contribution < -0.4 is 20.9 Å². The third-order valence-corrected chi connectivity index (χ3v) is 4.10. The molecule has 27 heavy (non-hydrogen) atoms. The highest BCUT2D eigenvalue weighted by Gasteiger charge is 2.16. The average molecular weight is 365 g/mol. The van der Waals surface area contributed by atoms with Crippen LogP contribution in [-0.2, 0) is 11.8 Å². The molecule has 0 aliphatic carbocycles. The van der Waals surface area contributed by atoms with Crippen molar-refractivity contribution in [1.29, 1.82) is 0 Å². The molecular formula is C20H19N3O4. The zero-order chi connectivity index (χ0) is 19.6. The summed E-state index contributed by atoms with van der Waals surface area (Å²) >= 11 is 0. The summed E-state index contributed by atoms with van der Waals surface area (Å²) in [7, 11) is 3.09. The largest absolute Gasteiger partial charge is 0.495 e. The van der Waals surface area contributed by atoms with E-state index in [0.29, 0.717) is 33.5 Å². The van der Waals surface area contributed by atoms with Gasteiger partial charge in [0.05, 0.1) is 18.4 Å². The summed E-state index contributed by atoms with van der Waals surface area (Å²) in [6.07, 6.45) is 1.50. The van der Waals surface area contributed by atoms with E-state index in [9.17, 15) is 14.4 Å². The quantitative estimate of drug-likeness (QED) is 0.744. The van der Waals surface area contributed by atoms with Gasteiger partial charge in [-0.2, -0.15) is 0 Å². The van der Waals surface area contributed by atoms with Gasteiger partial charge in [-0.15, -0.1) is 0 Å². The van der Waals surface area contributed by atoms with Gasteiger partial charge in [-0.3, -0.25) is 14.4 Å². The zero-order valence-electron chi connectivity index (χ0n) is 15.2. The molecule has 1 aromatic heterocycles. The number of nitrogens with one attached hydrogen (secondary N) is 2. The predicted octanol–water partition coefficient (Wildman–Crippen LogP) is 2.76. The maximum atomic E-state index is 12.9. The molecule has 2 amide bonds. The second-order valence-electron chi connectivity index (χ2n) is 6.05. The van der Waals surface area contributed by atoms with Gasteiger partial charge in [-0.1, -0.05) is 18.2 Å². The molecule has 0 fully saturated rings. The van der Waals surface area contributed by atoms with Crippen LogP contribution in [0.25, 0.3) is 10.8 Å². The minimum atomic E-state index is -0.389. The number of rotatable bonds is 4. The van der Waals surface area contributed by atoms with Crippen molar-refractivity contribution >= 4 is 34.0 Å². The van der Waals surface area contributed by atoms with Gasteiger partial charge in [0.25, 0.3) is 11.5 Å². The fourth-order valence-electron chi connectivity index (χ4n) is 2.87. The topological polar surface area (TPSA) is 89.4 Å². The van der Waals surface area contributed by atoms with E-state index in [1.54, 1.807) is 49.5 Å². The number of aryl methyl sites for hydroxylation is 1. The Bertz CT molecular complexity index is 1100. The van der Waals surface area contributed by atoms with Gasteiger partial charge < -0.3 is 19.9 Å². The molecule has 0 radical (unpaired) electrons. The van der Waals surface area contributed by atoms with E-state index in [1.165, 1.54) is 24.8 Å². The molecule has 2 N–H and O–H groups in total. The molecule has 0 unspecified atom stereocenters. The zero-order valence-corrected chi connectivity index (χ0v) is 15.2. The van der Waals surface area contributed by atoms with E-state index >= 15 is 0 Å². The SMILES string of the molecule is COc1ccc(NC(C)=O)cc1NC(=O)c1cn(C)c(=O)c2ccccc12. The summed E-state index contributed by atoms with van der Waals surface area (Å²) in [5.74, 6) is -0.159. The summed E-state index contributed by atoms with van der Waals surface area (Å²) in [6.45, 7) is 1.40. The van der Waals surface area contributed by atoms with Crippen molar-refractivity contribution in [3.8, 4) is 5.75 Å². The first-order valence-electron chi connectivity index (χ1n) is 8.26. The van der Waals surface area contributed by atoms with E-state index in [1.807, 2.05) is 0 Å². The minimum Gasteiger partial charge on any atom is -0.495 e. The Morgan fingerprint density at radius 1 is 1.04 bits per heavy atom. The molecule has 0 spiro atoms. The first-order chi connectivity index (χ1) is 12.9. The lowest BCUT2D eigenvalue weighted by Gasteiger charge is -2.14. The number of anilines is 2. The Kier molecular flexibility index (Phi) is 4.94. The lowest BCUT2D eigenvalue weighted by atomic mass is 10.1. The van der Waals surface area contributed by atoms with E-state index < -0.39 is 0 Å². The Morgan fingerprint density at radius 2 is 1.74 bits per heavy atom. The number of benzene rings is 2. The van der Waals surface area contributed by atoms with Gasteiger partial charge in [-0.25, -0.2) is 0 Å². The number of hydrogen-bond acceptors (Lipinski definition) is 4. The molecule has 0 saturated carbocycles. The highest BCUT2D eigenvalue weighted by atomic mass is 16.5. The third kappa shape index (κ3) is 3.67. The summed E-state index contributed by atoms with van der Waals surface area (Å²) in [5.41, 5.74) is 1.13. The van der Waals surface area contributed by atoms with Crippen LogP contribution in [0.3, 0.4) is 0 Å². The molecule has 3 rings (SSSR count). The van der Waals surface area contributed by atoms with E-state index in [4.69, 9.17) is 4.74 Å². The molecule has 0 bridgehead atoms. The summed E-state index contributed by atoms with van der Waals surface area (Å²) < 4.78 is 6.67. The number of carbonyl (C=O) groups excluding carboxylic acids is 2. The fourth-order valence-corrected chi connectivity index (χ4v) is 2.87. The van der Waals surface area contributed by atoms with Crippen molar-refractivity contribution in [3.63, 3.8) is 0 Å². The number of carbonyl (C=O) groups is 2. The van der Waals surface area contributed by atoms with Gasteiger partial charge in [-0.05, 0) is 24.3 Å². The fraction of sp³-hybridized carbons (Fsp3) is 0.150. The van der Waals surface area contributed by atoms with Crippen LogP contribution in [0.1, 0.15) is 17.3 Å². The van der Waals surface area contributed by atoms with Gasteiger partial charge in [0, 0.05) is 36.6 Å². The van der Waals surface area contributed by atoms with Gasteiger partial charge in [0.2, 0.25) is 5.91 Å². The molecule has 0 aliphatic heterocycles. The second kappa shape index (κ2) is 7.33. The Hall–Kier alpha value is -3.61. The van der Waals surface area contributed by atoms with Crippen LogP contribution in [0.5, 0.6) is 5.75 Å². The Morgan fingerprint density at radius 3 is 2.41 bits per heavy atom. The number of pyridine rings is 1. The molecule has 7 nitrogen and oxygen atoms in total. The van der Waals surface area contributed by atoms with E-state index in [2.05, 4.69) is 10.6 Å². The van der Waals surface area contributed by atoms with Crippen molar-refractivity contribution < 1.29 is 14.3 Å². The van der Waals surface area contributed by atoms with Crippen LogP contribution in [0, 0.1) is 0 Å². The standard InChI is InChI=1S/C20H19N3O4/c1-12(24)21-13-8-9-18(27-3)17(10-13)22-19(25)16-11-23(2)20(26)15-7-5-4-6-14(15)16/h4-11H,1-3H3,(H,21,24)(H,22,25). The van der Waals surface area contributed by atoms with Gasteiger partial charge in [0.15, 0.2) is 0 Å². The van der Waals surface area contributed by atoms with Crippen LogP contribution in [0.4, 0.5) is 11.4 Å². The molecular weight excluding hydrogens is 346 g/mol. The van der Waals surface area contributed by atoms with Crippen molar-refractivity contribution in [2.75, 3.05) is 17.7 Å². The normalized spacial score (nSPS) is 10.5. The summed E-state index contributed by atoms with van der Waals surface area (Å²) in [4.78, 5) is 36.5. The van der Waals surface area contributed by atoms with Crippen molar-refractivity contribution in [3.05, 3.63) is 64.6 Å². The smallest absolute Gasteiger partial charge is 0.258 e. The molecule has 7 heteroatoms. The highest BCUT2D eigenvalue weighted by molar-refractivity contribution is 6.13. The maximum Gasteiger partial charge on any atom is 0.258 e.